The Kier molecular flexibility index (Phi) is 6.85. The number of benzene rings is 2. The number of thiazole rings is 1. The summed E-state index contributed by atoms with van der Waals surface area (Å²) in [5, 5.41) is 1.98. The van der Waals surface area contributed by atoms with Crippen molar-refractivity contribution in [1.29, 1.82) is 0 Å². The molecule has 0 aliphatic heterocycles. The van der Waals surface area contributed by atoms with Gasteiger partial charge < -0.3 is 14.4 Å². The van der Waals surface area contributed by atoms with Crippen LogP contribution in [0.1, 0.15) is 16.1 Å². The lowest BCUT2D eigenvalue weighted by Crippen LogP contribution is -2.33. The van der Waals surface area contributed by atoms with Crippen molar-refractivity contribution in [2.45, 2.75) is 6.42 Å². The highest BCUT2D eigenvalue weighted by Crippen LogP contribution is 2.42. The molecule has 0 unspecified atom stereocenters. The van der Waals surface area contributed by atoms with Gasteiger partial charge in [0.15, 0.2) is 5.13 Å². The van der Waals surface area contributed by atoms with Gasteiger partial charge in [-0.15, -0.1) is 11.3 Å². The second kappa shape index (κ2) is 9.62. The van der Waals surface area contributed by atoms with Gasteiger partial charge in [-0.05, 0) is 45.3 Å². The maximum absolute atomic E-state index is 13.7. The van der Waals surface area contributed by atoms with Gasteiger partial charge in [-0.3, -0.25) is 9.69 Å². The van der Waals surface area contributed by atoms with Crippen LogP contribution in [0.5, 0.6) is 11.5 Å². The second-order valence-corrected chi connectivity index (χ2v) is 9.91. The van der Waals surface area contributed by atoms with E-state index in [-0.39, 0.29) is 5.91 Å². The monoisotopic (exact) mass is 489 g/mol. The van der Waals surface area contributed by atoms with E-state index in [1.54, 1.807) is 19.1 Å². The minimum atomic E-state index is -0.146. The van der Waals surface area contributed by atoms with Crippen molar-refractivity contribution >= 4 is 65.6 Å². The second-order valence-electron chi connectivity index (χ2n) is 7.50. The van der Waals surface area contributed by atoms with E-state index in [4.69, 9.17) is 26.1 Å². The summed E-state index contributed by atoms with van der Waals surface area (Å²) in [6.07, 6.45) is 0.797. The van der Waals surface area contributed by atoms with Crippen molar-refractivity contribution in [3.63, 3.8) is 0 Å². The zero-order chi connectivity index (χ0) is 22.8. The van der Waals surface area contributed by atoms with E-state index in [0.717, 1.165) is 27.8 Å². The molecule has 32 heavy (non-hydrogen) atoms. The predicted molar refractivity (Wildman–Crippen MR) is 134 cm³/mol. The van der Waals surface area contributed by atoms with Gasteiger partial charge in [0.25, 0.3) is 5.91 Å². The highest BCUT2D eigenvalue weighted by Gasteiger charge is 2.27. The van der Waals surface area contributed by atoms with E-state index in [1.165, 1.54) is 22.7 Å². The van der Waals surface area contributed by atoms with Gasteiger partial charge in [0.1, 0.15) is 26.6 Å². The fourth-order valence-electron chi connectivity index (χ4n) is 3.49. The molecule has 0 aliphatic rings. The fourth-order valence-corrected chi connectivity index (χ4v) is 6.05. The zero-order valence-corrected chi connectivity index (χ0v) is 20.7. The fraction of sp³-hybridized carbons (Fsp3) is 0.304. The smallest absolute Gasteiger partial charge is 0.271 e. The molecule has 0 N–H and O–H groups in total. The summed E-state index contributed by atoms with van der Waals surface area (Å²) >= 11 is 9.47. The number of hydrogen-bond acceptors (Lipinski definition) is 7. The Morgan fingerprint density at radius 1 is 1.03 bits per heavy atom. The molecule has 0 aliphatic carbocycles. The van der Waals surface area contributed by atoms with Crippen molar-refractivity contribution < 1.29 is 14.3 Å². The lowest BCUT2D eigenvalue weighted by atomic mass is 10.2. The third-order valence-electron chi connectivity index (χ3n) is 5.09. The van der Waals surface area contributed by atoms with Gasteiger partial charge in [-0.2, -0.15) is 0 Å². The molecule has 1 amide bonds. The minimum Gasteiger partial charge on any atom is -0.495 e. The Morgan fingerprint density at radius 2 is 1.75 bits per heavy atom. The number of methoxy groups -OCH3 is 2. The highest BCUT2D eigenvalue weighted by molar-refractivity contribution is 7.23. The Hall–Kier alpha value is -2.39. The lowest BCUT2D eigenvalue weighted by molar-refractivity contribution is 0.0990. The summed E-state index contributed by atoms with van der Waals surface area (Å²) in [6, 6.07) is 11.5. The molecule has 0 saturated carbocycles. The molecule has 0 radical (unpaired) electrons. The average Bonchev–Trinajstić information content (AvgIpc) is 3.37. The summed E-state index contributed by atoms with van der Waals surface area (Å²) in [5.74, 6) is 1.20. The molecule has 2 aromatic heterocycles. The number of nitrogens with zero attached hydrogens (tertiary/aromatic N) is 3. The maximum atomic E-state index is 13.7. The summed E-state index contributed by atoms with van der Waals surface area (Å²) in [7, 11) is 7.26. The highest BCUT2D eigenvalue weighted by atomic mass is 35.5. The number of thiophene rings is 1. The quantitative estimate of drug-likeness (QED) is 0.314. The molecule has 9 heteroatoms. The molecule has 0 spiro atoms. The first-order valence-corrected chi connectivity index (χ1v) is 12.1. The lowest BCUT2D eigenvalue weighted by Gasteiger charge is -2.20. The van der Waals surface area contributed by atoms with Crippen LogP contribution in [-0.2, 0) is 0 Å². The number of ether oxygens (including phenoxy) is 2. The molecule has 4 rings (SSSR count). The Morgan fingerprint density at radius 3 is 2.44 bits per heavy atom. The van der Waals surface area contributed by atoms with Gasteiger partial charge >= 0.3 is 0 Å². The van der Waals surface area contributed by atoms with Gasteiger partial charge in [0.05, 0.1) is 19.2 Å². The number of amides is 1. The average molecular weight is 490 g/mol. The number of halogens is 1. The van der Waals surface area contributed by atoms with E-state index in [9.17, 15) is 4.79 Å². The topological polar surface area (TPSA) is 54.9 Å². The zero-order valence-electron chi connectivity index (χ0n) is 18.3. The van der Waals surface area contributed by atoms with Crippen molar-refractivity contribution in [2.24, 2.45) is 0 Å². The summed E-state index contributed by atoms with van der Waals surface area (Å²) < 4.78 is 12.8. The Labute approximate surface area is 199 Å². The van der Waals surface area contributed by atoms with Crippen LogP contribution in [0.3, 0.4) is 0 Å². The molecule has 6 nitrogen and oxygen atoms in total. The van der Waals surface area contributed by atoms with E-state index >= 15 is 0 Å². The van der Waals surface area contributed by atoms with Crippen LogP contribution in [0.15, 0.2) is 36.4 Å². The van der Waals surface area contributed by atoms with Crippen molar-refractivity contribution in [2.75, 3.05) is 46.3 Å². The largest absolute Gasteiger partial charge is 0.495 e. The summed E-state index contributed by atoms with van der Waals surface area (Å²) in [5.41, 5.74) is 0.680. The third-order valence-corrected chi connectivity index (χ3v) is 7.85. The molecule has 4 aromatic rings. The van der Waals surface area contributed by atoms with Crippen LogP contribution in [0.2, 0.25) is 5.02 Å². The molecule has 0 fully saturated rings. The van der Waals surface area contributed by atoms with E-state index in [1.807, 2.05) is 50.5 Å². The summed E-state index contributed by atoms with van der Waals surface area (Å²) in [6.45, 7) is 1.37. The molecule has 2 aromatic carbocycles. The van der Waals surface area contributed by atoms with Gasteiger partial charge in [0, 0.05) is 16.6 Å². The summed E-state index contributed by atoms with van der Waals surface area (Å²) in [4.78, 5) is 22.9. The van der Waals surface area contributed by atoms with Gasteiger partial charge in [0.2, 0.25) is 0 Å². The number of aromatic nitrogens is 1. The normalized spacial score (nSPS) is 11.4. The standard InChI is InChI=1S/C23H24ClN3O3S2/c1-26(2)12-7-13-27(22(28)21-18(24)14-8-5-6-9-17(14)31-21)23-25-19-15(29-3)10-11-16(30-4)20(19)32-23/h5-6,8-11H,7,12-13H2,1-4H3. The molecule has 0 bridgehead atoms. The number of fused-ring (bicyclic) bond motifs is 2. The third kappa shape index (κ3) is 4.28. The molecule has 2 heterocycles. The Balaban J connectivity index is 1.79. The molecular formula is C23H24ClN3O3S2. The first-order chi connectivity index (χ1) is 15.4. The van der Waals surface area contributed by atoms with Crippen molar-refractivity contribution in [1.82, 2.24) is 9.88 Å². The molecular weight excluding hydrogens is 466 g/mol. The number of anilines is 1. The van der Waals surface area contributed by atoms with Crippen LogP contribution in [0.25, 0.3) is 20.3 Å². The maximum Gasteiger partial charge on any atom is 0.271 e. The first kappa shape index (κ1) is 22.8. The number of carbonyl (C=O) groups excluding carboxylic acids is 1. The van der Waals surface area contributed by atoms with Crippen LogP contribution < -0.4 is 14.4 Å². The van der Waals surface area contributed by atoms with E-state index in [0.29, 0.717) is 38.6 Å². The first-order valence-electron chi connectivity index (χ1n) is 10.1. The van der Waals surface area contributed by atoms with Crippen LogP contribution in [-0.4, -0.2) is 57.2 Å². The van der Waals surface area contributed by atoms with Crippen LogP contribution in [0, 0.1) is 0 Å². The predicted octanol–water partition coefficient (Wildman–Crippen LogP) is 5.78. The SMILES string of the molecule is COc1ccc(OC)c2sc(N(CCCN(C)C)C(=O)c3sc4ccccc4c3Cl)nc12. The number of carbonyl (C=O) groups is 1. The van der Waals surface area contributed by atoms with Crippen LogP contribution >= 0.6 is 34.3 Å². The van der Waals surface area contributed by atoms with E-state index in [2.05, 4.69) is 4.90 Å². The Bertz CT molecular complexity index is 1230. The molecule has 0 atom stereocenters. The van der Waals surface area contributed by atoms with Gasteiger partial charge in [-0.1, -0.05) is 41.1 Å². The van der Waals surface area contributed by atoms with Crippen molar-refractivity contribution in [3.8, 4) is 11.5 Å². The number of rotatable bonds is 8. The van der Waals surface area contributed by atoms with Crippen LogP contribution in [0.4, 0.5) is 5.13 Å². The number of hydrogen-bond donors (Lipinski definition) is 0. The molecule has 168 valence electrons. The molecule has 0 saturated heterocycles. The van der Waals surface area contributed by atoms with Gasteiger partial charge in [-0.25, -0.2) is 4.98 Å². The minimum absolute atomic E-state index is 0.146. The van der Waals surface area contributed by atoms with E-state index < -0.39 is 0 Å². The van der Waals surface area contributed by atoms with Crippen molar-refractivity contribution in [3.05, 3.63) is 46.3 Å².